The summed E-state index contributed by atoms with van der Waals surface area (Å²) in [5.41, 5.74) is 2.29. The third-order valence-electron chi connectivity index (χ3n) is 3.05. The smallest absolute Gasteiger partial charge is 0.0830 e. The molecule has 2 rings (SSSR count). The Morgan fingerprint density at radius 2 is 2.21 bits per heavy atom. The quantitative estimate of drug-likeness (QED) is 0.880. The Kier molecular flexibility index (Phi) is 4.93. The minimum atomic E-state index is 0.486. The van der Waals surface area contributed by atoms with Crippen LogP contribution in [0.3, 0.4) is 0 Å². The van der Waals surface area contributed by atoms with E-state index >= 15 is 0 Å². The van der Waals surface area contributed by atoms with Crippen LogP contribution in [-0.4, -0.2) is 28.6 Å². The van der Waals surface area contributed by atoms with E-state index in [4.69, 9.17) is 11.6 Å². The van der Waals surface area contributed by atoms with E-state index < -0.39 is 0 Å². The topological polar surface area (TPSA) is 42.7 Å². The third kappa shape index (κ3) is 4.33. The average molecular weight is 279 g/mol. The van der Waals surface area contributed by atoms with Crippen molar-refractivity contribution in [3.05, 3.63) is 46.7 Å². The summed E-state index contributed by atoms with van der Waals surface area (Å²) >= 11 is 6.03. The van der Waals surface area contributed by atoms with Gasteiger partial charge in [-0.05, 0) is 50.0 Å². The number of nitrogens with one attached hydrogen (secondary N) is 1. The molecule has 1 unspecified atom stereocenters. The normalized spacial score (nSPS) is 12.6. The Labute approximate surface area is 118 Å². The summed E-state index contributed by atoms with van der Waals surface area (Å²) in [6, 6.07) is 8.04. The highest BCUT2D eigenvalue weighted by atomic mass is 35.5. The molecule has 0 saturated carbocycles. The van der Waals surface area contributed by atoms with Gasteiger partial charge in [-0.25, -0.2) is 0 Å². The first-order valence-electron chi connectivity index (χ1n) is 6.41. The van der Waals surface area contributed by atoms with Gasteiger partial charge in [0, 0.05) is 18.3 Å². The maximum atomic E-state index is 6.03. The number of hydrogen-bond donors (Lipinski definition) is 1. The summed E-state index contributed by atoms with van der Waals surface area (Å²) in [6.45, 7) is 0.948. The fourth-order valence-electron chi connectivity index (χ4n) is 2.29. The lowest BCUT2D eigenvalue weighted by molar-refractivity contribution is 0.488. The molecule has 102 valence electrons. The number of halogens is 1. The number of aromatic nitrogens is 3. The predicted octanol–water partition coefficient (Wildman–Crippen LogP) is 2.09. The average Bonchev–Trinajstić information content (AvgIpc) is 2.75. The van der Waals surface area contributed by atoms with Crippen LogP contribution in [-0.2, 0) is 19.9 Å². The van der Waals surface area contributed by atoms with Gasteiger partial charge in [0.05, 0.1) is 5.69 Å². The summed E-state index contributed by atoms with van der Waals surface area (Å²) in [7, 11) is 3.86. The van der Waals surface area contributed by atoms with Gasteiger partial charge >= 0.3 is 0 Å². The highest BCUT2D eigenvalue weighted by Crippen LogP contribution is 2.16. The Balaban J connectivity index is 2.03. The number of rotatable bonds is 6. The molecule has 0 bridgehead atoms. The first-order valence-corrected chi connectivity index (χ1v) is 6.79. The van der Waals surface area contributed by atoms with Crippen molar-refractivity contribution in [3.63, 3.8) is 0 Å². The molecule has 0 spiro atoms. The van der Waals surface area contributed by atoms with Gasteiger partial charge in [0.2, 0.25) is 0 Å². The van der Waals surface area contributed by atoms with E-state index in [2.05, 4.69) is 21.7 Å². The first-order chi connectivity index (χ1) is 9.17. The van der Waals surface area contributed by atoms with Gasteiger partial charge in [-0.15, -0.1) is 5.10 Å². The van der Waals surface area contributed by atoms with Gasteiger partial charge in [0.25, 0.3) is 0 Å². The van der Waals surface area contributed by atoms with Crippen molar-refractivity contribution >= 4 is 11.6 Å². The van der Waals surface area contributed by atoms with Crippen LogP contribution in [0.5, 0.6) is 0 Å². The number of nitrogens with zero attached hydrogens (tertiary/aromatic N) is 3. The summed E-state index contributed by atoms with van der Waals surface area (Å²) in [5.74, 6) is 0.486. The Bertz CT molecular complexity index is 524. The van der Waals surface area contributed by atoms with Crippen LogP contribution in [0.1, 0.15) is 11.3 Å². The standard InChI is InChI=1S/C14H19ClN4/c1-16-9-12(8-14-10-19(2)18-17-14)6-11-4-3-5-13(15)7-11/h3-5,7,10,12,16H,6,8-9H2,1-2H3. The van der Waals surface area contributed by atoms with Crippen LogP contribution in [0.2, 0.25) is 5.02 Å². The van der Waals surface area contributed by atoms with Crippen LogP contribution >= 0.6 is 11.6 Å². The molecular weight excluding hydrogens is 260 g/mol. The van der Waals surface area contributed by atoms with Crippen molar-refractivity contribution in [1.82, 2.24) is 20.3 Å². The van der Waals surface area contributed by atoms with Crippen LogP contribution in [0.15, 0.2) is 30.5 Å². The molecule has 0 aliphatic heterocycles. The minimum absolute atomic E-state index is 0.486. The molecule has 0 aliphatic rings. The molecule has 19 heavy (non-hydrogen) atoms. The van der Waals surface area contributed by atoms with Gasteiger partial charge in [0.15, 0.2) is 0 Å². The van der Waals surface area contributed by atoms with Crippen molar-refractivity contribution in [2.75, 3.05) is 13.6 Å². The molecule has 0 aliphatic carbocycles. The molecule has 4 nitrogen and oxygen atoms in total. The van der Waals surface area contributed by atoms with Crippen molar-refractivity contribution in [1.29, 1.82) is 0 Å². The number of benzene rings is 1. The summed E-state index contributed by atoms with van der Waals surface area (Å²) in [5, 5.41) is 12.2. The van der Waals surface area contributed by atoms with Crippen LogP contribution in [0.25, 0.3) is 0 Å². The van der Waals surface area contributed by atoms with E-state index in [0.29, 0.717) is 5.92 Å². The lowest BCUT2D eigenvalue weighted by Gasteiger charge is -2.15. The van der Waals surface area contributed by atoms with E-state index in [1.807, 2.05) is 38.5 Å². The molecule has 1 aromatic heterocycles. The predicted molar refractivity (Wildman–Crippen MR) is 77.3 cm³/mol. The molecule has 0 saturated heterocycles. The van der Waals surface area contributed by atoms with E-state index in [1.54, 1.807) is 4.68 Å². The summed E-state index contributed by atoms with van der Waals surface area (Å²) in [6.07, 6.45) is 3.87. The molecule has 2 aromatic rings. The first kappa shape index (κ1) is 14.0. The Morgan fingerprint density at radius 1 is 1.37 bits per heavy atom. The van der Waals surface area contributed by atoms with Gasteiger partial charge in [-0.1, -0.05) is 28.9 Å². The van der Waals surface area contributed by atoms with Crippen molar-refractivity contribution in [2.45, 2.75) is 12.8 Å². The summed E-state index contributed by atoms with van der Waals surface area (Å²) in [4.78, 5) is 0. The second-order valence-electron chi connectivity index (χ2n) is 4.85. The maximum Gasteiger partial charge on any atom is 0.0830 e. The third-order valence-corrected chi connectivity index (χ3v) is 3.29. The molecule has 1 heterocycles. The van der Waals surface area contributed by atoms with Crippen LogP contribution < -0.4 is 5.32 Å². The molecule has 1 aromatic carbocycles. The van der Waals surface area contributed by atoms with Gasteiger partial charge in [-0.3, -0.25) is 4.68 Å². The van der Waals surface area contributed by atoms with E-state index in [0.717, 1.165) is 30.1 Å². The second kappa shape index (κ2) is 6.68. The fraction of sp³-hybridized carbons (Fsp3) is 0.429. The minimum Gasteiger partial charge on any atom is -0.319 e. The number of hydrogen-bond acceptors (Lipinski definition) is 3. The fourth-order valence-corrected chi connectivity index (χ4v) is 2.50. The van der Waals surface area contributed by atoms with Crippen LogP contribution in [0.4, 0.5) is 0 Å². The zero-order valence-electron chi connectivity index (χ0n) is 11.3. The van der Waals surface area contributed by atoms with Crippen molar-refractivity contribution in [2.24, 2.45) is 13.0 Å². The zero-order valence-corrected chi connectivity index (χ0v) is 12.1. The molecule has 1 atom stereocenters. The highest BCUT2D eigenvalue weighted by Gasteiger charge is 2.12. The zero-order chi connectivity index (χ0) is 13.7. The van der Waals surface area contributed by atoms with E-state index in [1.165, 1.54) is 5.56 Å². The van der Waals surface area contributed by atoms with Gasteiger partial charge in [0.1, 0.15) is 0 Å². The molecule has 1 N–H and O–H groups in total. The molecule has 0 fully saturated rings. The molecule has 0 amide bonds. The van der Waals surface area contributed by atoms with E-state index in [-0.39, 0.29) is 0 Å². The Hall–Kier alpha value is -1.39. The van der Waals surface area contributed by atoms with E-state index in [9.17, 15) is 0 Å². The van der Waals surface area contributed by atoms with Crippen LogP contribution in [0, 0.1) is 5.92 Å². The maximum absolute atomic E-state index is 6.03. The van der Waals surface area contributed by atoms with Crippen molar-refractivity contribution in [3.8, 4) is 0 Å². The largest absolute Gasteiger partial charge is 0.319 e. The lowest BCUT2D eigenvalue weighted by Crippen LogP contribution is -2.23. The number of aryl methyl sites for hydroxylation is 1. The monoisotopic (exact) mass is 278 g/mol. The van der Waals surface area contributed by atoms with Gasteiger partial charge in [-0.2, -0.15) is 0 Å². The summed E-state index contributed by atoms with van der Waals surface area (Å²) < 4.78 is 1.74. The lowest BCUT2D eigenvalue weighted by atomic mass is 9.95. The molecular formula is C14H19ClN4. The van der Waals surface area contributed by atoms with Gasteiger partial charge < -0.3 is 5.32 Å². The molecule has 0 radical (unpaired) electrons. The Morgan fingerprint density at radius 3 is 2.84 bits per heavy atom. The molecule has 5 heteroatoms. The highest BCUT2D eigenvalue weighted by molar-refractivity contribution is 6.30. The van der Waals surface area contributed by atoms with Crippen molar-refractivity contribution < 1.29 is 0 Å². The SMILES string of the molecule is CNCC(Cc1cccc(Cl)c1)Cc1cn(C)nn1. The second-order valence-corrected chi connectivity index (χ2v) is 5.28.